The van der Waals surface area contributed by atoms with Crippen LogP contribution in [0.1, 0.15) is 67.4 Å². The van der Waals surface area contributed by atoms with Crippen LogP contribution in [0.25, 0.3) is 0 Å². The Kier molecular flexibility index (Phi) is 12.1. The van der Waals surface area contributed by atoms with Crippen molar-refractivity contribution in [3.63, 3.8) is 0 Å². The van der Waals surface area contributed by atoms with Crippen molar-refractivity contribution in [1.82, 2.24) is 10.2 Å². The van der Waals surface area contributed by atoms with Gasteiger partial charge in [-0.2, -0.15) is 0 Å². The van der Waals surface area contributed by atoms with Crippen molar-refractivity contribution in [2.45, 2.75) is 104 Å². The number of amides is 2. The van der Waals surface area contributed by atoms with E-state index in [0.29, 0.717) is 17.9 Å². The number of halogens is 2. The van der Waals surface area contributed by atoms with E-state index in [-0.39, 0.29) is 19.6 Å². The number of rotatable bonds is 12. The molecule has 0 saturated carbocycles. The molecule has 2 N–H and O–H groups in total. The maximum absolute atomic E-state index is 14.4. The van der Waals surface area contributed by atoms with Crippen molar-refractivity contribution in [1.29, 1.82) is 0 Å². The fraction of sp³-hybridized carbons (Fsp3) is 0.724. The van der Waals surface area contributed by atoms with Crippen LogP contribution in [-0.4, -0.2) is 84.6 Å². The monoisotopic (exact) mass is 572 g/mol. The lowest BCUT2D eigenvalue weighted by Crippen LogP contribution is -2.66. The molecular weight excluding hydrogens is 526 g/mol. The van der Waals surface area contributed by atoms with E-state index in [2.05, 4.69) is 5.32 Å². The first-order valence-corrected chi connectivity index (χ1v) is 13.7. The molecule has 5 atom stereocenters. The van der Waals surface area contributed by atoms with Gasteiger partial charge in [0.15, 0.2) is 6.29 Å². The van der Waals surface area contributed by atoms with Gasteiger partial charge in [-0.25, -0.2) is 9.18 Å². The highest BCUT2D eigenvalue weighted by atomic mass is 19.1. The number of ether oxygens (including phenoxy) is 4. The molecule has 0 spiro atoms. The van der Waals surface area contributed by atoms with Gasteiger partial charge in [0.1, 0.15) is 17.2 Å². The second kappa shape index (κ2) is 14.4. The minimum atomic E-state index is -1.33. The Morgan fingerprint density at radius 3 is 2.48 bits per heavy atom. The van der Waals surface area contributed by atoms with Crippen LogP contribution in [0.5, 0.6) is 5.75 Å². The van der Waals surface area contributed by atoms with Crippen molar-refractivity contribution in [3.8, 4) is 5.75 Å². The predicted molar refractivity (Wildman–Crippen MR) is 146 cm³/mol. The molecule has 1 aliphatic rings. The van der Waals surface area contributed by atoms with Crippen LogP contribution >= 0.6 is 0 Å². The minimum Gasteiger partial charge on any atom is -0.493 e. The molecule has 1 heterocycles. The third-order valence-corrected chi connectivity index (χ3v) is 6.28. The maximum atomic E-state index is 14.4. The zero-order valence-corrected chi connectivity index (χ0v) is 25.0. The molecule has 40 heavy (non-hydrogen) atoms. The number of carbonyl (C=O) groups is 2. The van der Waals surface area contributed by atoms with E-state index < -0.39 is 66.0 Å². The summed E-state index contributed by atoms with van der Waals surface area (Å²) in [6.07, 6.45) is -2.13. The zero-order chi connectivity index (χ0) is 30.3. The van der Waals surface area contributed by atoms with E-state index in [0.717, 1.165) is 6.42 Å². The van der Waals surface area contributed by atoms with E-state index in [1.165, 1.54) is 24.0 Å². The summed E-state index contributed by atoms with van der Waals surface area (Å²) in [5, 5.41) is 14.3. The molecule has 1 aliphatic heterocycles. The van der Waals surface area contributed by atoms with Gasteiger partial charge >= 0.3 is 6.09 Å². The van der Waals surface area contributed by atoms with Crippen LogP contribution in [0.4, 0.5) is 13.6 Å². The maximum Gasteiger partial charge on any atom is 0.411 e. The lowest BCUT2D eigenvalue weighted by Gasteiger charge is -2.47. The molecule has 228 valence electrons. The highest BCUT2D eigenvalue weighted by Crippen LogP contribution is 2.29. The second-order valence-electron chi connectivity index (χ2n) is 12.2. The Labute approximate surface area is 236 Å². The SMILES string of the molecule is CCCOc1cc(F)cc(CC(NC(C)=O)C(O)C2COC(OCC(C)(C)CF)C(C)N2C(=O)OC(C)(C)C)c1. The van der Waals surface area contributed by atoms with E-state index in [4.69, 9.17) is 18.9 Å². The molecule has 1 aromatic rings. The summed E-state index contributed by atoms with van der Waals surface area (Å²) in [6.45, 7) is 13.2. The topological polar surface area (TPSA) is 107 Å². The largest absolute Gasteiger partial charge is 0.493 e. The molecule has 0 radical (unpaired) electrons. The molecular formula is C29H46F2N2O7. The first-order valence-electron chi connectivity index (χ1n) is 13.7. The number of hydrogen-bond donors (Lipinski definition) is 2. The van der Waals surface area contributed by atoms with Gasteiger partial charge in [0.2, 0.25) is 5.91 Å². The summed E-state index contributed by atoms with van der Waals surface area (Å²) in [5.41, 5.74) is -1.09. The summed E-state index contributed by atoms with van der Waals surface area (Å²) in [6, 6.07) is 1.66. The normalized spacial score (nSPS) is 21.5. The molecule has 1 aromatic carbocycles. The fourth-order valence-electron chi connectivity index (χ4n) is 4.34. The minimum absolute atomic E-state index is 0.0460. The van der Waals surface area contributed by atoms with Crippen LogP contribution in [0.3, 0.4) is 0 Å². The summed E-state index contributed by atoms with van der Waals surface area (Å²) in [4.78, 5) is 26.9. The Morgan fingerprint density at radius 1 is 1.23 bits per heavy atom. The number of aliphatic hydroxyl groups excluding tert-OH is 1. The summed E-state index contributed by atoms with van der Waals surface area (Å²) in [7, 11) is 0. The lowest BCUT2D eigenvalue weighted by atomic mass is 9.93. The van der Waals surface area contributed by atoms with Crippen molar-refractivity contribution in [2.24, 2.45) is 5.41 Å². The highest BCUT2D eigenvalue weighted by molar-refractivity contribution is 5.73. The Bertz CT molecular complexity index is 986. The molecule has 11 heteroatoms. The van der Waals surface area contributed by atoms with Crippen molar-refractivity contribution >= 4 is 12.0 Å². The van der Waals surface area contributed by atoms with Crippen LogP contribution in [0, 0.1) is 11.2 Å². The fourth-order valence-corrected chi connectivity index (χ4v) is 4.34. The average molecular weight is 573 g/mol. The van der Waals surface area contributed by atoms with Gasteiger partial charge in [-0.05, 0) is 58.2 Å². The van der Waals surface area contributed by atoms with Crippen molar-refractivity contribution < 1.29 is 42.4 Å². The van der Waals surface area contributed by atoms with Crippen LogP contribution in [0.2, 0.25) is 0 Å². The number of benzene rings is 1. The van der Waals surface area contributed by atoms with Gasteiger partial charge in [-0.3, -0.25) is 14.1 Å². The first kappa shape index (κ1) is 33.7. The van der Waals surface area contributed by atoms with E-state index in [9.17, 15) is 23.5 Å². The number of hydrogen-bond acceptors (Lipinski definition) is 7. The van der Waals surface area contributed by atoms with E-state index in [1.807, 2.05) is 6.92 Å². The van der Waals surface area contributed by atoms with Gasteiger partial charge in [0.25, 0.3) is 0 Å². The summed E-state index contributed by atoms with van der Waals surface area (Å²) >= 11 is 0. The van der Waals surface area contributed by atoms with Crippen LogP contribution < -0.4 is 10.1 Å². The number of nitrogens with one attached hydrogen (secondary N) is 1. The third kappa shape index (κ3) is 10.2. The number of morpholine rings is 1. The number of alkyl halides is 1. The van der Waals surface area contributed by atoms with Crippen molar-refractivity contribution in [2.75, 3.05) is 26.5 Å². The number of aliphatic hydroxyl groups is 1. The van der Waals surface area contributed by atoms with E-state index in [1.54, 1.807) is 47.6 Å². The molecule has 0 aliphatic carbocycles. The molecule has 0 bridgehead atoms. The van der Waals surface area contributed by atoms with Gasteiger partial charge in [-0.1, -0.05) is 20.8 Å². The molecule has 9 nitrogen and oxygen atoms in total. The molecule has 1 fully saturated rings. The summed E-state index contributed by atoms with van der Waals surface area (Å²) < 4.78 is 50.7. The lowest BCUT2D eigenvalue weighted by molar-refractivity contribution is -0.234. The van der Waals surface area contributed by atoms with Crippen LogP contribution in [0.15, 0.2) is 18.2 Å². The Hall–Kier alpha value is -2.50. The first-order chi connectivity index (χ1) is 18.6. The van der Waals surface area contributed by atoms with Gasteiger partial charge in [0.05, 0.1) is 50.7 Å². The van der Waals surface area contributed by atoms with Gasteiger partial charge < -0.3 is 29.4 Å². The Morgan fingerprint density at radius 2 is 1.90 bits per heavy atom. The van der Waals surface area contributed by atoms with Gasteiger partial charge in [-0.15, -0.1) is 0 Å². The average Bonchev–Trinajstić information content (AvgIpc) is 2.84. The molecule has 0 aromatic heterocycles. The molecule has 1 saturated heterocycles. The van der Waals surface area contributed by atoms with Crippen LogP contribution in [-0.2, 0) is 25.4 Å². The predicted octanol–water partition coefficient (Wildman–Crippen LogP) is 4.39. The summed E-state index contributed by atoms with van der Waals surface area (Å²) in [5.74, 6) is -0.582. The van der Waals surface area contributed by atoms with E-state index >= 15 is 0 Å². The molecule has 5 unspecified atom stereocenters. The quantitative estimate of drug-likeness (QED) is 0.383. The standard InChI is InChI=1S/C29H46F2N2O7/c1-9-10-37-22-12-20(11-21(31)14-22)13-23(32-19(3)34)25(35)24-15-38-26(39-17-29(7,8)16-30)18(2)33(24)27(36)40-28(4,5)6/h11-12,14,18,23-26,35H,9-10,13,15-17H2,1-8H3,(H,32,34). The zero-order valence-electron chi connectivity index (χ0n) is 25.0. The molecule has 2 rings (SSSR count). The number of nitrogens with zero attached hydrogens (tertiary/aromatic N) is 1. The third-order valence-electron chi connectivity index (χ3n) is 6.28. The van der Waals surface area contributed by atoms with Crippen molar-refractivity contribution in [3.05, 3.63) is 29.6 Å². The highest BCUT2D eigenvalue weighted by Gasteiger charge is 2.46. The second-order valence-corrected chi connectivity index (χ2v) is 12.2. The number of carbonyl (C=O) groups excluding carboxylic acids is 2. The van der Waals surface area contributed by atoms with Gasteiger partial charge in [0, 0.05) is 18.4 Å². The molecule has 2 amide bonds. The Balaban J connectivity index is 2.37. The smallest absolute Gasteiger partial charge is 0.411 e.